The second-order valence-corrected chi connectivity index (χ2v) is 8.89. The second kappa shape index (κ2) is 14.1. The first kappa shape index (κ1) is 27.0. The summed E-state index contributed by atoms with van der Waals surface area (Å²) in [6.45, 7) is 7.72. The Morgan fingerprint density at radius 2 is 1.90 bits per heavy atom. The zero-order valence-electron chi connectivity index (χ0n) is 17.8. The molecule has 0 aliphatic carbocycles. The van der Waals surface area contributed by atoms with Crippen LogP contribution in [0.2, 0.25) is 0 Å². The zero-order chi connectivity index (χ0) is 22.4. The molecule has 0 radical (unpaired) electrons. The standard InChI is InChI=1S/C21H30N2O3S.CH5N/c1-5-7-13-19(6-2)27(25,26)23(15-17(3)4)16-21(24)20(22)14-18-11-9-8-10-12-18;1-2/h1,6,8-13,17,20-21,24H,2,7,14-16,22H2,3-4H3;2H2,1H3/p+1/b19-13+;/t20-,21+;/m0./s1. The summed E-state index contributed by atoms with van der Waals surface area (Å²) in [4.78, 5) is 0.0666. The van der Waals surface area contributed by atoms with Crippen molar-refractivity contribution in [2.24, 2.45) is 11.7 Å². The Morgan fingerprint density at radius 3 is 2.38 bits per heavy atom. The molecule has 7 heteroatoms. The van der Waals surface area contributed by atoms with E-state index in [4.69, 9.17) is 6.42 Å². The molecular formula is C22H36N3O3S+. The molecule has 0 aliphatic rings. The van der Waals surface area contributed by atoms with Crippen LogP contribution in [-0.2, 0) is 16.4 Å². The van der Waals surface area contributed by atoms with Crippen molar-refractivity contribution >= 4 is 10.0 Å². The molecule has 0 amide bonds. The van der Waals surface area contributed by atoms with Crippen LogP contribution in [0.4, 0.5) is 0 Å². The van der Waals surface area contributed by atoms with E-state index >= 15 is 0 Å². The third-order valence-electron chi connectivity index (χ3n) is 4.10. The predicted octanol–water partition coefficient (Wildman–Crippen LogP) is 1.16. The van der Waals surface area contributed by atoms with Crippen molar-refractivity contribution in [3.63, 3.8) is 0 Å². The molecule has 0 saturated carbocycles. The number of hydrogen-bond acceptors (Lipinski definition) is 4. The first-order valence-corrected chi connectivity index (χ1v) is 11.0. The lowest BCUT2D eigenvalue weighted by molar-refractivity contribution is -0.437. The summed E-state index contributed by atoms with van der Waals surface area (Å²) < 4.78 is 27.3. The van der Waals surface area contributed by atoms with Gasteiger partial charge < -0.3 is 16.6 Å². The molecule has 0 saturated heterocycles. The molecule has 0 aromatic heterocycles. The highest BCUT2D eigenvalue weighted by atomic mass is 32.2. The number of hydrogen-bond donors (Lipinski definition) is 3. The monoisotopic (exact) mass is 422 g/mol. The highest BCUT2D eigenvalue weighted by molar-refractivity contribution is 7.93. The average molecular weight is 423 g/mol. The van der Waals surface area contributed by atoms with E-state index in [0.717, 1.165) is 5.56 Å². The SMILES string of the molecule is C#CC/C=C(\C=C)S(=O)(=O)N(CC(C)C)C[C@@H](O)[C@@H]([NH3+])Cc1ccccc1.CN. The van der Waals surface area contributed by atoms with Crippen molar-refractivity contribution in [3.05, 3.63) is 59.5 Å². The molecule has 0 spiro atoms. The van der Waals surface area contributed by atoms with Crippen LogP contribution >= 0.6 is 0 Å². The third-order valence-corrected chi connectivity index (χ3v) is 6.01. The summed E-state index contributed by atoms with van der Waals surface area (Å²) in [5.41, 5.74) is 9.58. The number of sulfonamides is 1. The molecule has 162 valence electrons. The van der Waals surface area contributed by atoms with Gasteiger partial charge >= 0.3 is 0 Å². The van der Waals surface area contributed by atoms with Crippen molar-refractivity contribution in [2.45, 2.75) is 38.8 Å². The third kappa shape index (κ3) is 9.39. The zero-order valence-corrected chi connectivity index (χ0v) is 18.6. The van der Waals surface area contributed by atoms with Crippen LogP contribution in [0.25, 0.3) is 0 Å². The normalized spacial score (nSPS) is 14.0. The summed E-state index contributed by atoms with van der Waals surface area (Å²) in [5, 5.41) is 10.6. The molecular weight excluding hydrogens is 386 g/mol. The lowest BCUT2D eigenvalue weighted by atomic mass is 10.0. The Bertz CT molecular complexity index is 768. The molecule has 0 unspecified atom stereocenters. The van der Waals surface area contributed by atoms with Crippen LogP contribution in [0, 0.1) is 18.3 Å². The van der Waals surface area contributed by atoms with E-state index in [9.17, 15) is 13.5 Å². The molecule has 2 atom stereocenters. The van der Waals surface area contributed by atoms with Crippen LogP contribution in [0.1, 0.15) is 25.8 Å². The molecule has 0 aliphatic heterocycles. The Hall–Kier alpha value is -1.95. The first-order valence-electron chi connectivity index (χ1n) is 9.61. The number of aliphatic hydroxyl groups excluding tert-OH is 1. The van der Waals surface area contributed by atoms with E-state index in [1.54, 1.807) is 0 Å². The maximum atomic E-state index is 13.0. The number of quaternary nitrogens is 1. The van der Waals surface area contributed by atoms with E-state index in [0.29, 0.717) is 13.0 Å². The van der Waals surface area contributed by atoms with Crippen molar-refractivity contribution < 1.29 is 19.3 Å². The largest absolute Gasteiger partial charge is 0.386 e. The van der Waals surface area contributed by atoms with Gasteiger partial charge in [-0.1, -0.05) is 56.8 Å². The quantitative estimate of drug-likeness (QED) is 0.367. The van der Waals surface area contributed by atoms with E-state index in [1.807, 2.05) is 44.2 Å². The van der Waals surface area contributed by atoms with Gasteiger partial charge in [-0.05, 0) is 24.6 Å². The maximum Gasteiger partial charge on any atom is 0.242 e. The Morgan fingerprint density at radius 1 is 1.31 bits per heavy atom. The maximum absolute atomic E-state index is 13.0. The van der Waals surface area contributed by atoms with Crippen LogP contribution in [0.3, 0.4) is 0 Å². The van der Waals surface area contributed by atoms with Crippen LogP contribution in [0.15, 0.2) is 54.0 Å². The lowest BCUT2D eigenvalue weighted by Crippen LogP contribution is -2.69. The molecule has 29 heavy (non-hydrogen) atoms. The van der Waals surface area contributed by atoms with Gasteiger partial charge in [-0.2, -0.15) is 4.31 Å². The molecule has 6 nitrogen and oxygen atoms in total. The van der Waals surface area contributed by atoms with Crippen molar-refractivity contribution in [1.29, 1.82) is 0 Å². The van der Waals surface area contributed by atoms with Gasteiger partial charge in [0, 0.05) is 25.9 Å². The minimum atomic E-state index is -3.79. The smallest absolute Gasteiger partial charge is 0.242 e. The average Bonchev–Trinajstić information content (AvgIpc) is 2.69. The van der Waals surface area contributed by atoms with Gasteiger partial charge in [-0.3, -0.25) is 0 Å². The molecule has 0 heterocycles. The number of nitrogens with zero attached hydrogens (tertiary/aromatic N) is 1. The number of allylic oxidation sites excluding steroid dienone is 2. The number of rotatable bonds is 11. The highest BCUT2D eigenvalue weighted by Gasteiger charge is 2.30. The van der Waals surface area contributed by atoms with Gasteiger partial charge in [0.25, 0.3) is 0 Å². The predicted molar refractivity (Wildman–Crippen MR) is 120 cm³/mol. The molecule has 1 aromatic rings. The van der Waals surface area contributed by atoms with Gasteiger partial charge in [0.1, 0.15) is 12.1 Å². The van der Waals surface area contributed by atoms with Crippen LogP contribution < -0.4 is 11.5 Å². The number of nitrogens with two attached hydrogens (primary N) is 1. The van der Waals surface area contributed by atoms with Crippen LogP contribution in [0.5, 0.6) is 0 Å². The number of aliphatic hydroxyl groups is 1. The van der Waals surface area contributed by atoms with Gasteiger partial charge in [0.15, 0.2) is 0 Å². The van der Waals surface area contributed by atoms with Crippen molar-refractivity contribution in [2.75, 3.05) is 20.1 Å². The van der Waals surface area contributed by atoms with E-state index in [-0.39, 0.29) is 29.8 Å². The Kier molecular flexibility index (Phi) is 13.2. The minimum Gasteiger partial charge on any atom is -0.386 e. The van der Waals surface area contributed by atoms with Crippen molar-refractivity contribution in [3.8, 4) is 12.3 Å². The minimum absolute atomic E-state index is 0.0251. The fraction of sp³-hybridized carbons (Fsp3) is 0.455. The van der Waals surface area contributed by atoms with Gasteiger partial charge in [-0.15, -0.1) is 12.3 Å². The van der Waals surface area contributed by atoms with E-state index in [2.05, 4.69) is 24.0 Å². The molecule has 1 rings (SSSR count). The lowest BCUT2D eigenvalue weighted by Gasteiger charge is -2.28. The Balaban J connectivity index is 0.00000379. The fourth-order valence-electron chi connectivity index (χ4n) is 2.69. The molecule has 6 N–H and O–H groups in total. The summed E-state index contributed by atoms with van der Waals surface area (Å²) >= 11 is 0. The topological polar surface area (TPSA) is 111 Å². The number of terminal acetylenes is 1. The fourth-order valence-corrected chi connectivity index (χ4v) is 4.34. The van der Waals surface area contributed by atoms with Gasteiger partial charge in [0.2, 0.25) is 10.0 Å². The van der Waals surface area contributed by atoms with Crippen LogP contribution in [-0.4, -0.2) is 50.1 Å². The molecule has 1 aromatic carbocycles. The van der Waals surface area contributed by atoms with E-state index in [1.165, 1.54) is 23.5 Å². The van der Waals surface area contributed by atoms with Gasteiger partial charge in [0.05, 0.1) is 4.91 Å². The molecule has 0 bridgehead atoms. The number of benzene rings is 1. The first-order chi connectivity index (χ1) is 13.7. The molecule has 0 fully saturated rings. The second-order valence-electron chi connectivity index (χ2n) is 6.95. The van der Waals surface area contributed by atoms with Gasteiger partial charge in [-0.25, -0.2) is 8.42 Å². The summed E-state index contributed by atoms with van der Waals surface area (Å²) in [5.74, 6) is 2.50. The summed E-state index contributed by atoms with van der Waals surface area (Å²) in [6.07, 6.45) is 7.87. The highest BCUT2D eigenvalue weighted by Crippen LogP contribution is 2.18. The summed E-state index contributed by atoms with van der Waals surface area (Å²) in [7, 11) is -2.29. The van der Waals surface area contributed by atoms with Crippen molar-refractivity contribution in [1.82, 2.24) is 4.31 Å². The van der Waals surface area contributed by atoms with E-state index < -0.39 is 16.1 Å². The Labute approximate surface area is 176 Å². The summed E-state index contributed by atoms with van der Waals surface area (Å²) in [6, 6.07) is 9.37.